The SMILES string of the molecule is CCC[N+]1(CC)CCCC1.CS(=O)(=O)[O-]. The molecular formula is C10H23NO3S. The normalized spacial score (nSPS) is 19.5. The van der Waals surface area contributed by atoms with Crippen LogP contribution in [-0.2, 0) is 10.1 Å². The summed E-state index contributed by atoms with van der Waals surface area (Å²) in [7, 11) is -3.92. The summed E-state index contributed by atoms with van der Waals surface area (Å²) in [6.07, 6.45) is 4.89. The van der Waals surface area contributed by atoms with Gasteiger partial charge < -0.3 is 9.04 Å². The Morgan fingerprint density at radius 2 is 1.60 bits per heavy atom. The van der Waals surface area contributed by atoms with Gasteiger partial charge in [-0.2, -0.15) is 0 Å². The third kappa shape index (κ3) is 7.76. The summed E-state index contributed by atoms with van der Waals surface area (Å²) < 4.78 is 28.6. The van der Waals surface area contributed by atoms with Crippen molar-refractivity contribution in [3.05, 3.63) is 0 Å². The maximum atomic E-state index is 9.08. The highest BCUT2D eigenvalue weighted by atomic mass is 32.2. The van der Waals surface area contributed by atoms with Crippen LogP contribution in [0.3, 0.4) is 0 Å². The van der Waals surface area contributed by atoms with Crippen LogP contribution in [0.1, 0.15) is 33.1 Å². The highest BCUT2D eigenvalue weighted by Crippen LogP contribution is 2.18. The second-order valence-corrected chi connectivity index (χ2v) is 5.65. The number of likely N-dealkylation sites (tertiary alicyclic amines) is 1. The highest BCUT2D eigenvalue weighted by Gasteiger charge is 2.28. The standard InChI is InChI=1S/C9H20N.CH4O3S/c1-3-7-10(4-2)8-5-6-9-10;1-5(2,3)4/h3-9H2,1-2H3;1H3,(H,2,3,4)/q+1;/p-1. The lowest BCUT2D eigenvalue weighted by molar-refractivity contribution is -0.915. The van der Waals surface area contributed by atoms with Gasteiger partial charge in [0, 0.05) is 19.1 Å². The molecule has 1 aliphatic rings. The quantitative estimate of drug-likeness (QED) is 0.547. The maximum absolute atomic E-state index is 9.08. The molecule has 0 spiro atoms. The van der Waals surface area contributed by atoms with Crippen molar-refractivity contribution in [3.63, 3.8) is 0 Å². The molecule has 92 valence electrons. The third-order valence-electron chi connectivity index (χ3n) is 2.88. The lowest BCUT2D eigenvalue weighted by Gasteiger charge is -2.32. The van der Waals surface area contributed by atoms with E-state index in [4.69, 9.17) is 13.0 Å². The Kier molecular flexibility index (Phi) is 6.40. The van der Waals surface area contributed by atoms with Gasteiger partial charge in [-0.1, -0.05) is 6.92 Å². The molecule has 1 saturated heterocycles. The monoisotopic (exact) mass is 237 g/mol. The van der Waals surface area contributed by atoms with Crippen LogP contribution in [0, 0.1) is 0 Å². The van der Waals surface area contributed by atoms with Crippen molar-refractivity contribution in [2.24, 2.45) is 0 Å². The average Bonchev–Trinajstić information content (AvgIpc) is 2.51. The Hall–Kier alpha value is -0.130. The van der Waals surface area contributed by atoms with Crippen molar-refractivity contribution >= 4 is 10.1 Å². The van der Waals surface area contributed by atoms with Gasteiger partial charge in [0.25, 0.3) is 0 Å². The van der Waals surface area contributed by atoms with Gasteiger partial charge in [-0.05, 0) is 13.3 Å². The highest BCUT2D eigenvalue weighted by molar-refractivity contribution is 7.84. The molecule has 0 aromatic rings. The van der Waals surface area contributed by atoms with E-state index in [-0.39, 0.29) is 0 Å². The first-order valence-electron chi connectivity index (χ1n) is 5.59. The van der Waals surface area contributed by atoms with Crippen LogP contribution < -0.4 is 0 Å². The zero-order valence-electron chi connectivity index (χ0n) is 10.0. The first-order chi connectivity index (χ1) is 6.83. The van der Waals surface area contributed by atoms with E-state index in [1.807, 2.05) is 0 Å². The van der Waals surface area contributed by atoms with Crippen molar-refractivity contribution in [3.8, 4) is 0 Å². The van der Waals surface area contributed by atoms with Gasteiger partial charge in [0.2, 0.25) is 0 Å². The molecule has 0 amide bonds. The fraction of sp³-hybridized carbons (Fsp3) is 1.00. The second-order valence-electron chi connectivity index (χ2n) is 4.24. The van der Waals surface area contributed by atoms with Crippen molar-refractivity contribution in [1.82, 2.24) is 0 Å². The van der Waals surface area contributed by atoms with E-state index in [2.05, 4.69) is 13.8 Å². The molecule has 0 aromatic carbocycles. The van der Waals surface area contributed by atoms with Crippen molar-refractivity contribution in [1.29, 1.82) is 0 Å². The number of quaternary nitrogens is 1. The van der Waals surface area contributed by atoms with Gasteiger partial charge in [-0.3, -0.25) is 0 Å². The summed E-state index contributed by atoms with van der Waals surface area (Å²) in [4.78, 5) is 0. The second kappa shape index (κ2) is 6.45. The molecule has 0 N–H and O–H groups in total. The van der Waals surface area contributed by atoms with E-state index in [1.165, 1.54) is 49.9 Å². The third-order valence-corrected chi connectivity index (χ3v) is 2.88. The first kappa shape index (κ1) is 14.9. The fourth-order valence-corrected chi connectivity index (χ4v) is 2.18. The van der Waals surface area contributed by atoms with Crippen LogP contribution in [0.25, 0.3) is 0 Å². The van der Waals surface area contributed by atoms with Crippen LogP contribution in [0.2, 0.25) is 0 Å². The number of rotatable bonds is 3. The summed E-state index contributed by atoms with van der Waals surface area (Å²) >= 11 is 0. The zero-order valence-corrected chi connectivity index (χ0v) is 10.8. The predicted molar refractivity (Wildman–Crippen MR) is 60.5 cm³/mol. The Labute approximate surface area is 93.6 Å². The lowest BCUT2D eigenvalue weighted by atomic mass is 10.3. The number of nitrogens with zero attached hydrogens (tertiary/aromatic N) is 1. The molecule has 0 bridgehead atoms. The van der Waals surface area contributed by atoms with E-state index in [9.17, 15) is 0 Å². The molecule has 15 heavy (non-hydrogen) atoms. The molecule has 0 saturated carbocycles. The molecule has 0 unspecified atom stereocenters. The van der Waals surface area contributed by atoms with Crippen LogP contribution >= 0.6 is 0 Å². The molecule has 1 rings (SSSR count). The fourth-order valence-electron chi connectivity index (χ4n) is 2.18. The minimum absolute atomic E-state index is 0.604. The Balaban J connectivity index is 0.000000336. The minimum atomic E-state index is -3.92. The molecule has 0 aromatic heterocycles. The van der Waals surface area contributed by atoms with E-state index in [0.29, 0.717) is 6.26 Å². The Morgan fingerprint density at radius 1 is 1.20 bits per heavy atom. The molecule has 1 heterocycles. The molecule has 0 aliphatic carbocycles. The topological polar surface area (TPSA) is 57.2 Å². The molecule has 5 heteroatoms. The lowest BCUT2D eigenvalue weighted by Crippen LogP contribution is -2.45. The Bertz CT molecular complexity index is 248. The summed E-state index contributed by atoms with van der Waals surface area (Å²) in [6, 6.07) is 0. The minimum Gasteiger partial charge on any atom is -0.748 e. The maximum Gasteiger partial charge on any atom is 0.0916 e. The number of hydrogen-bond acceptors (Lipinski definition) is 3. The van der Waals surface area contributed by atoms with Crippen molar-refractivity contribution in [2.75, 3.05) is 32.4 Å². The van der Waals surface area contributed by atoms with Gasteiger partial charge in [0.15, 0.2) is 0 Å². The van der Waals surface area contributed by atoms with Crippen LogP contribution in [-0.4, -0.2) is 49.9 Å². The van der Waals surface area contributed by atoms with Crippen LogP contribution in [0.15, 0.2) is 0 Å². The summed E-state index contributed by atoms with van der Waals surface area (Å²) in [5.41, 5.74) is 0. The summed E-state index contributed by atoms with van der Waals surface area (Å²) in [6.45, 7) is 10.3. The van der Waals surface area contributed by atoms with Crippen LogP contribution in [0.4, 0.5) is 0 Å². The van der Waals surface area contributed by atoms with Gasteiger partial charge in [-0.25, -0.2) is 8.42 Å². The molecule has 0 atom stereocenters. The smallest absolute Gasteiger partial charge is 0.0916 e. The predicted octanol–water partition coefficient (Wildman–Crippen LogP) is 1.19. The van der Waals surface area contributed by atoms with Crippen molar-refractivity contribution < 1.29 is 17.5 Å². The molecule has 1 aliphatic heterocycles. The van der Waals surface area contributed by atoms with Gasteiger partial charge in [0.1, 0.15) is 0 Å². The van der Waals surface area contributed by atoms with E-state index in [1.54, 1.807) is 0 Å². The first-order valence-corrected chi connectivity index (χ1v) is 7.40. The van der Waals surface area contributed by atoms with Crippen LogP contribution in [0.5, 0.6) is 0 Å². The molecule has 0 radical (unpaired) electrons. The summed E-state index contributed by atoms with van der Waals surface area (Å²) in [5.74, 6) is 0. The van der Waals surface area contributed by atoms with Gasteiger partial charge >= 0.3 is 0 Å². The average molecular weight is 237 g/mol. The molecule has 1 fully saturated rings. The van der Waals surface area contributed by atoms with E-state index >= 15 is 0 Å². The van der Waals surface area contributed by atoms with E-state index in [0.717, 1.165) is 0 Å². The van der Waals surface area contributed by atoms with Crippen molar-refractivity contribution in [2.45, 2.75) is 33.1 Å². The molecular weight excluding hydrogens is 214 g/mol. The Morgan fingerprint density at radius 3 is 1.87 bits per heavy atom. The van der Waals surface area contributed by atoms with Gasteiger partial charge in [0.05, 0.1) is 36.3 Å². The van der Waals surface area contributed by atoms with Gasteiger partial charge in [-0.15, -0.1) is 0 Å². The summed E-state index contributed by atoms with van der Waals surface area (Å²) in [5, 5.41) is 0. The molecule has 4 nitrogen and oxygen atoms in total. The van der Waals surface area contributed by atoms with E-state index < -0.39 is 10.1 Å². The zero-order chi connectivity index (χ0) is 11.9. The largest absolute Gasteiger partial charge is 0.748 e. The number of hydrogen-bond donors (Lipinski definition) is 0.